The van der Waals surface area contributed by atoms with Gasteiger partial charge in [-0.15, -0.1) is 0 Å². The summed E-state index contributed by atoms with van der Waals surface area (Å²) in [6.07, 6.45) is 7.41. The molecule has 15 heteroatoms. The first kappa shape index (κ1) is 31.6. The molecule has 0 spiro atoms. The van der Waals surface area contributed by atoms with Gasteiger partial charge in [-0.05, 0) is 51.1 Å². The molecule has 3 aliphatic heterocycles. The van der Waals surface area contributed by atoms with Gasteiger partial charge in [0.25, 0.3) is 5.91 Å². The SMILES string of the molecule is CCOc1cc(C(=O)Nc2cc(C(F)(F)F)ccn2)ccc1-c1ncn2ccnc(C3=C[NH+]4C(=CN(C(C)C)C5=C4O5)C=C3N)c12.[Cl-]. The monoisotopic (exact) mass is 664 g/mol. The van der Waals surface area contributed by atoms with Crippen LogP contribution in [-0.4, -0.2) is 42.8 Å². The number of quaternary nitrogens is 1. The van der Waals surface area contributed by atoms with Gasteiger partial charge >= 0.3 is 17.9 Å². The van der Waals surface area contributed by atoms with Crippen LogP contribution in [0.25, 0.3) is 22.3 Å². The van der Waals surface area contributed by atoms with Gasteiger partial charge in [0.15, 0.2) is 5.70 Å². The van der Waals surface area contributed by atoms with Crippen LogP contribution in [0.5, 0.6) is 5.75 Å². The van der Waals surface area contributed by atoms with Gasteiger partial charge in [-0.25, -0.2) is 14.9 Å². The number of halogens is 4. The second-order valence-electron chi connectivity index (χ2n) is 11.0. The number of hydrogen-bond donors (Lipinski definition) is 3. The summed E-state index contributed by atoms with van der Waals surface area (Å²) in [6, 6.07) is 6.58. The number of allylic oxidation sites excluding steroid dienone is 2. The van der Waals surface area contributed by atoms with Crippen LogP contribution in [0.3, 0.4) is 0 Å². The maximum Gasteiger partial charge on any atom is 0.416 e. The van der Waals surface area contributed by atoms with Crippen molar-refractivity contribution in [2.45, 2.75) is 33.0 Å². The Morgan fingerprint density at radius 3 is 2.68 bits per heavy atom. The third-order valence-electron chi connectivity index (χ3n) is 7.72. The van der Waals surface area contributed by atoms with Crippen LogP contribution in [0.2, 0.25) is 0 Å². The number of ether oxygens (including phenoxy) is 2. The third-order valence-corrected chi connectivity index (χ3v) is 7.72. The van der Waals surface area contributed by atoms with Crippen molar-refractivity contribution in [1.82, 2.24) is 24.3 Å². The maximum absolute atomic E-state index is 13.2. The second-order valence-corrected chi connectivity index (χ2v) is 11.0. The van der Waals surface area contributed by atoms with Gasteiger partial charge in [0, 0.05) is 41.8 Å². The lowest BCUT2D eigenvalue weighted by molar-refractivity contribution is -0.765. The maximum atomic E-state index is 13.2. The Bertz CT molecular complexity index is 2050. The summed E-state index contributed by atoms with van der Waals surface area (Å²) in [7, 11) is 0. The van der Waals surface area contributed by atoms with Crippen molar-refractivity contribution in [3.8, 4) is 17.0 Å². The Labute approximate surface area is 272 Å². The van der Waals surface area contributed by atoms with Gasteiger partial charge in [0.05, 0.1) is 35.2 Å². The van der Waals surface area contributed by atoms with Crippen LogP contribution in [-0.2, 0) is 10.9 Å². The predicted molar refractivity (Wildman–Crippen MR) is 161 cm³/mol. The number of nitrogens with one attached hydrogen (secondary N) is 2. The van der Waals surface area contributed by atoms with Gasteiger partial charge in [-0.2, -0.15) is 13.2 Å². The van der Waals surface area contributed by atoms with Crippen molar-refractivity contribution >= 4 is 22.8 Å². The average Bonchev–Trinajstić information content (AvgIpc) is 3.71. The van der Waals surface area contributed by atoms with Crippen LogP contribution >= 0.6 is 0 Å². The fourth-order valence-corrected chi connectivity index (χ4v) is 5.49. The lowest BCUT2D eigenvalue weighted by Gasteiger charge is -2.24. The summed E-state index contributed by atoms with van der Waals surface area (Å²) in [5.41, 5.74) is 10.4. The molecular formula is C32H28ClF3N8O3. The minimum Gasteiger partial charge on any atom is -1.00 e. The van der Waals surface area contributed by atoms with E-state index in [-0.39, 0.29) is 36.4 Å². The number of carbonyl (C=O) groups excluding carboxylic acids is 1. The molecule has 1 aromatic carbocycles. The number of carbonyl (C=O) groups is 1. The number of imidazole rings is 1. The first-order chi connectivity index (χ1) is 22.0. The van der Waals surface area contributed by atoms with Gasteiger partial charge in [0.1, 0.15) is 35.5 Å². The molecule has 1 unspecified atom stereocenters. The number of anilines is 1. The largest absolute Gasteiger partial charge is 1.00 e. The number of nitrogens with zero attached hydrogens (tertiary/aromatic N) is 5. The molecule has 0 fully saturated rings. The Hall–Kier alpha value is -5.34. The summed E-state index contributed by atoms with van der Waals surface area (Å²) in [4.78, 5) is 29.3. The van der Waals surface area contributed by atoms with E-state index in [1.807, 2.05) is 22.9 Å². The van der Waals surface area contributed by atoms with Crippen LogP contribution in [0, 0.1) is 0 Å². The van der Waals surface area contributed by atoms with Crippen LogP contribution in [0.4, 0.5) is 19.0 Å². The minimum absolute atomic E-state index is 0. The molecule has 4 N–H and O–H groups in total. The Balaban J connectivity index is 0.00000386. The third kappa shape index (κ3) is 5.66. The van der Waals surface area contributed by atoms with E-state index in [4.69, 9.17) is 20.2 Å². The molecule has 11 nitrogen and oxygen atoms in total. The zero-order chi connectivity index (χ0) is 32.3. The van der Waals surface area contributed by atoms with Gasteiger partial charge in [-0.1, -0.05) is 0 Å². The first-order valence-corrected chi connectivity index (χ1v) is 14.5. The molecule has 4 aromatic rings. The smallest absolute Gasteiger partial charge is 0.416 e. The number of alkyl halides is 3. The summed E-state index contributed by atoms with van der Waals surface area (Å²) in [6.45, 7) is 6.25. The average molecular weight is 665 g/mol. The molecule has 0 bridgehead atoms. The summed E-state index contributed by atoms with van der Waals surface area (Å²) in [5, 5.41) is 2.43. The van der Waals surface area contributed by atoms with E-state index in [2.05, 4.69) is 34.0 Å². The van der Waals surface area contributed by atoms with Crippen LogP contribution < -0.4 is 33.1 Å². The van der Waals surface area contributed by atoms with E-state index in [0.29, 0.717) is 39.5 Å². The zero-order valence-electron chi connectivity index (χ0n) is 25.3. The molecule has 47 heavy (non-hydrogen) atoms. The number of aromatic nitrogens is 4. The van der Waals surface area contributed by atoms with Crippen molar-refractivity contribution in [3.05, 3.63) is 114 Å². The number of benzene rings is 1. The topological polar surface area (TPSA) is 128 Å². The zero-order valence-corrected chi connectivity index (χ0v) is 26.0. The molecule has 7 rings (SSSR count). The van der Waals surface area contributed by atoms with Crippen molar-refractivity contribution in [1.29, 1.82) is 0 Å². The van der Waals surface area contributed by atoms with Crippen molar-refractivity contribution in [2.24, 2.45) is 5.73 Å². The fraction of sp³-hybridized carbons (Fsp3) is 0.188. The Morgan fingerprint density at radius 1 is 1.13 bits per heavy atom. The summed E-state index contributed by atoms with van der Waals surface area (Å²) >= 11 is 0. The first-order valence-electron chi connectivity index (χ1n) is 14.5. The molecule has 0 saturated carbocycles. The second kappa shape index (κ2) is 11.8. The molecule has 3 aliphatic rings. The normalized spacial score (nSPS) is 16.8. The van der Waals surface area contributed by atoms with E-state index in [1.54, 1.807) is 37.8 Å². The van der Waals surface area contributed by atoms with Gasteiger partial charge < -0.3 is 42.2 Å². The van der Waals surface area contributed by atoms with Crippen LogP contribution in [0.1, 0.15) is 42.4 Å². The summed E-state index contributed by atoms with van der Waals surface area (Å²) < 4.78 is 53.1. The number of amides is 1. The molecule has 0 aliphatic carbocycles. The predicted octanol–water partition coefficient (Wildman–Crippen LogP) is 1.27. The molecule has 0 radical (unpaired) electrons. The fourth-order valence-electron chi connectivity index (χ4n) is 5.49. The van der Waals surface area contributed by atoms with E-state index < -0.39 is 17.6 Å². The van der Waals surface area contributed by atoms with E-state index in [9.17, 15) is 18.0 Å². The number of hydrogen-bond acceptors (Lipinski definition) is 8. The summed E-state index contributed by atoms with van der Waals surface area (Å²) in [5.74, 6) is 1.10. The van der Waals surface area contributed by atoms with Crippen molar-refractivity contribution < 1.29 is 44.7 Å². The van der Waals surface area contributed by atoms with E-state index in [0.717, 1.165) is 40.7 Å². The number of pyridine rings is 1. The van der Waals surface area contributed by atoms with Crippen molar-refractivity contribution in [3.63, 3.8) is 0 Å². The van der Waals surface area contributed by atoms with Crippen molar-refractivity contribution in [2.75, 3.05) is 11.9 Å². The van der Waals surface area contributed by atoms with Gasteiger partial charge in [0.2, 0.25) is 0 Å². The highest BCUT2D eigenvalue weighted by Crippen LogP contribution is 2.38. The van der Waals surface area contributed by atoms with E-state index in [1.165, 1.54) is 6.07 Å². The molecule has 3 aromatic heterocycles. The number of fused-ring (bicyclic) bond motifs is 3. The standard InChI is InChI=1S/C32H27F3N8O3.ClH/c1-4-45-24-11-18(29(44)40-25-12-19(7-8-37-25)32(33,34)35)5-6-21(24)26-28-27(38-9-10-41(28)16-39-26)22-15-43-20(13-23(22)36)14-42(17(2)3)30-31(43)46-30;/h5-17H,4,36H2,1-3H3,(H,37,40,44);1H. The highest BCUT2D eigenvalue weighted by Gasteiger charge is 2.48. The lowest BCUT2D eigenvalue weighted by atomic mass is 10.0. The van der Waals surface area contributed by atoms with E-state index >= 15 is 0 Å². The molecule has 6 heterocycles. The molecule has 1 atom stereocenters. The quantitative estimate of drug-likeness (QED) is 0.270. The van der Waals surface area contributed by atoms with Crippen LogP contribution in [0.15, 0.2) is 96.9 Å². The number of rotatable bonds is 7. The van der Waals surface area contributed by atoms with Gasteiger partial charge in [-0.3, -0.25) is 9.78 Å². The molecular weight excluding hydrogens is 637 g/mol. The minimum atomic E-state index is -4.57. The highest BCUT2D eigenvalue weighted by atomic mass is 35.5. The molecule has 242 valence electrons. The Morgan fingerprint density at radius 2 is 1.94 bits per heavy atom. The highest BCUT2D eigenvalue weighted by molar-refractivity contribution is 6.05. The lowest BCUT2D eigenvalue weighted by Crippen LogP contribution is -3.03. The number of nitrogens with two attached hydrogens (primary N) is 1. The molecule has 0 saturated heterocycles. The molecule has 1 amide bonds. The Kier molecular flexibility index (Phi) is 7.93.